The predicted octanol–water partition coefficient (Wildman–Crippen LogP) is 2.55. The summed E-state index contributed by atoms with van der Waals surface area (Å²) in [6.45, 7) is 6.04. The van der Waals surface area contributed by atoms with Gasteiger partial charge in [-0.05, 0) is 13.0 Å². The minimum absolute atomic E-state index is 0.000355. The molecule has 0 aromatic heterocycles. The van der Waals surface area contributed by atoms with Gasteiger partial charge in [0.2, 0.25) is 5.75 Å². The lowest BCUT2D eigenvalue weighted by Crippen LogP contribution is -2.22. The van der Waals surface area contributed by atoms with Gasteiger partial charge in [-0.1, -0.05) is 36.9 Å². The molecule has 0 heterocycles. The zero-order valence-electron chi connectivity index (χ0n) is 10.2. The maximum atomic E-state index is 11.5. The van der Waals surface area contributed by atoms with Gasteiger partial charge in [0.25, 0.3) is 0 Å². The fourth-order valence-corrected chi connectivity index (χ4v) is 3.27. The number of hydrogen-bond donors (Lipinski definition) is 0. The summed E-state index contributed by atoms with van der Waals surface area (Å²) >= 11 is 0. The molecular weight excluding hydrogens is 232 g/mol. The average molecular weight is 251 g/mol. The zero-order chi connectivity index (χ0) is 12.5. The summed E-state index contributed by atoms with van der Waals surface area (Å²) in [6.07, 6.45) is 1.88. The SMILES string of the molecule is C=CC[S+](CC(=O)OCC)Cc1ccccc1. The standard InChI is InChI=1S/C14H19O2S/c1-3-10-17(12-14(15)16-4-2)11-13-8-6-5-7-9-13/h3,5-9H,1,4,10-12H2,2H3/q+1. The first-order valence-corrected chi connectivity index (χ1v) is 7.44. The molecule has 2 nitrogen and oxygen atoms in total. The first-order valence-electron chi connectivity index (χ1n) is 5.70. The third-order valence-corrected chi connectivity index (χ3v) is 4.29. The van der Waals surface area contributed by atoms with Crippen LogP contribution in [0.15, 0.2) is 43.0 Å². The van der Waals surface area contributed by atoms with E-state index in [0.29, 0.717) is 12.4 Å². The number of carbonyl (C=O) groups excluding carboxylic acids is 1. The third kappa shape index (κ3) is 5.59. The van der Waals surface area contributed by atoms with Gasteiger partial charge in [0, 0.05) is 16.5 Å². The molecule has 0 fully saturated rings. The van der Waals surface area contributed by atoms with E-state index in [1.165, 1.54) is 5.56 Å². The van der Waals surface area contributed by atoms with Gasteiger partial charge in [-0.15, -0.1) is 0 Å². The molecule has 0 amide bonds. The molecule has 0 saturated heterocycles. The highest BCUT2D eigenvalue weighted by atomic mass is 32.2. The lowest BCUT2D eigenvalue weighted by atomic mass is 10.2. The van der Waals surface area contributed by atoms with Crippen LogP contribution in [-0.2, 0) is 26.2 Å². The van der Waals surface area contributed by atoms with Gasteiger partial charge in [-0.2, -0.15) is 0 Å². The zero-order valence-corrected chi connectivity index (χ0v) is 11.0. The van der Waals surface area contributed by atoms with Crippen molar-refractivity contribution in [3.8, 4) is 0 Å². The van der Waals surface area contributed by atoms with Gasteiger partial charge in [-0.3, -0.25) is 0 Å². The summed E-state index contributed by atoms with van der Waals surface area (Å²) in [7, 11) is 0.000355. The molecule has 1 aromatic carbocycles. The minimum atomic E-state index is -0.103. The molecule has 0 aliphatic heterocycles. The van der Waals surface area contributed by atoms with E-state index in [1.54, 1.807) is 0 Å². The van der Waals surface area contributed by atoms with Crippen LogP contribution in [-0.4, -0.2) is 24.1 Å². The quantitative estimate of drug-likeness (QED) is 0.423. The van der Waals surface area contributed by atoms with E-state index in [1.807, 2.05) is 31.2 Å². The van der Waals surface area contributed by atoms with Crippen molar-refractivity contribution < 1.29 is 9.53 Å². The second-order valence-corrected chi connectivity index (χ2v) is 5.78. The Bertz CT molecular complexity index is 348. The van der Waals surface area contributed by atoms with Crippen LogP contribution >= 0.6 is 0 Å². The lowest BCUT2D eigenvalue weighted by molar-refractivity contribution is -0.139. The van der Waals surface area contributed by atoms with E-state index in [0.717, 1.165) is 11.5 Å². The molecule has 1 unspecified atom stereocenters. The maximum Gasteiger partial charge on any atom is 0.356 e. The number of hydrogen-bond acceptors (Lipinski definition) is 2. The van der Waals surface area contributed by atoms with Crippen LogP contribution in [0.1, 0.15) is 12.5 Å². The Morgan fingerprint density at radius 1 is 1.41 bits per heavy atom. The molecule has 0 aliphatic rings. The largest absolute Gasteiger partial charge is 0.463 e. The monoisotopic (exact) mass is 251 g/mol. The Labute approximate surface area is 106 Å². The van der Waals surface area contributed by atoms with Gasteiger partial charge >= 0.3 is 5.97 Å². The second kappa shape index (κ2) is 7.96. The number of ether oxygens (including phenoxy) is 1. The predicted molar refractivity (Wildman–Crippen MR) is 74.1 cm³/mol. The van der Waals surface area contributed by atoms with Crippen molar-refractivity contribution in [3.05, 3.63) is 48.6 Å². The molecular formula is C14H19O2S+. The van der Waals surface area contributed by atoms with Crippen LogP contribution in [0, 0.1) is 0 Å². The molecule has 0 spiro atoms. The van der Waals surface area contributed by atoms with E-state index >= 15 is 0 Å². The van der Waals surface area contributed by atoms with Crippen molar-refractivity contribution in [1.29, 1.82) is 0 Å². The Balaban J connectivity index is 2.54. The van der Waals surface area contributed by atoms with Crippen molar-refractivity contribution >= 4 is 16.9 Å². The van der Waals surface area contributed by atoms with Crippen molar-refractivity contribution in [2.75, 3.05) is 18.1 Å². The second-order valence-electron chi connectivity index (χ2n) is 3.65. The van der Waals surface area contributed by atoms with Crippen molar-refractivity contribution in [2.45, 2.75) is 12.7 Å². The first kappa shape index (κ1) is 13.8. The lowest BCUT2D eigenvalue weighted by Gasteiger charge is -2.06. The molecule has 0 N–H and O–H groups in total. The molecule has 0 aliphatic carbocycles. The molecule has 92 valence electrons. The molecule has 0 radical (unpaired) electrons. The van der Waals surface area contributed by atoms with E-state index in [2.05, 4.69) is 18.7 Å². The summed E-state index contributed by atoms with van der Waals surface area (Å²) in [6, 6.07) is 10.2. The van der Waals surface area contributed by atoms with Crippen LogP contribution in [0.25, 0.3) is 0 Å². The maximum absolute atomic E-state index is 11.5. The van der Waals surface area contributed by atoms with Crippen LogP contribution in [0.5, 0.6) is 0 Å². The number of benzene rings is 1. The summed E-state index contributed by atoms with van der Waals surface area (Å²) in [4.78, 5) is 11.5. The smallest absolute Gasteiger partial charge is 0.356 e. The van der Waals surface area contributed by atoms with Crippen molar-refractivity contribution in [2.24, 2.45) is 0 Å². The number of rotatable bonds is 7. The average Bonchev–Trinajstić information content (AvgIpc) is 2.31. The van der Waals surface area contributed by atoms with E-state index in [-0.39, 0.29) is 16.9 Å². The van der Waals surface area contributed by atoms with Gasteiger partial charge in [0.15, 0.2) is 0 Å². The van der Waals surface area contributed by atoms with Crippen LogP contribution < -0.4 is 0 Å². The highest BCUT2D eigenvalue weighted by Gasteiger charge is 2.22. The molecule has 1 rings (SSSR count). The minimum Gasteiger partial charge on any atom is -0.463 e. The van der Waals surface area contributed by atoms with E-state index < -0.39 is 0 Å². The summed E-state index contributed by atoms with van der Waals surface area (Å²) < 4.78 is 4.99. The molecule has 0 saturated carbocycles. The molecule has 1 atom stereocenters. The molecule has 1 aromatic rings. The van der Waals surface area contributed by atoms with Crippen molar-refractivity contribution in [1.82, 2.24) is 0 Å². The van der Waals surface area contributed by atoms with Gasteiger partial charge in [0.05, 0.1) is 6.61 Å². The highest BCUT2D eigenvalue weighted by Crippen LogP contribution is 2.10. The van der Waals surface area contributed by atoms with Crippen molar-refractivity contribution in [3.63, 3.8) is 0 Å². The summed E-state index contributed by atoms with van der Waals surface area (Å²) in [5, 5.41) is 0. The summed E-state index contributed by atoms with van der Waals surface area (Å²) in [5.41, 5.74) is 1.27. The highest BCUT2D eigenvalue weighted by molar-refractivity contribution is 7.96. The van der Waals surface area contributed by atoms with Gasteiger partial charge < -0.3 is 4.74 Å². The van der Waals surface area contributed by atoms with Crippen LogP contribution in [0.2, 0.25) is 0 Å². The van der Waals surface area contributed by atoms with E-state index in [4.69, 9.17) is 4.74 Å². The molecule has 0 bridgehead atoms. The van der Waals surface area contributed by atoms with Gasteiger partial charge in [-0.25, -0.2) is 4.79 Å². The normalized spacial score (nSPS) is 11.8. The Morgan fingerprint density at radius 3 is 2.71 bits per heavy atom. The Morgan fingerprint density at radius 2 is 2.12 bits per heavy atom. The van der Waals surface area contributed by atoms with Gasteiger partial charge in [0.1, 0.15) is 11.5 Å². The molecule has 3 heteroatoms. The Hall–Kier alpha value is -1.22. The fraction of sp³-hybridized carbons (Fsp3) is 0.357. The van der Waals surface area contributed by atoms with Crippen LogP contribution in [0.4, 0.5) is 0 Å². The van der Waals surface area contributed by atoms with Crippen LogP contribution in [0.3, 0.4) is 0 Å². The topological polar surface area (TPSA) is 26.3 Å². The van der Waals surface area contributed by atoms with E-state index in [9.17, 15) is 4.79 Å². The Kier molecular flexibility index (Phi) is 6.48. The number of carbonyl (C=O) groups is 1. The molecule has 17 heavy (non-hydrogen) atoms. The summed E-state index contributed by atoms with van der Waals surface area (Å²) in [5.74, 6) is 2.18. The third-order valence-electron chi connectivity index (χ3n) is 2.19. The fourth-order valence-electron chi connectivity index (χ4n) is 1.51. The first-order chi connectivity index (χ1) is 8.26. The number of esters is 1.